The van der Waals surface area contributed by atoms with Gasteiger partial charge < -0.3 is 21.1 Å². The fourth-order valence-corrected chi connectivity index (χ4v) is 13.9. The van der Waals surface area contributed by atoms with Crippen molar-refractivity contribution in [2.75, 3.05) is 22.2 Å². The third-order valence-electron chi connectivity index (χ3n) is 19.3. The summed E-state index contributed by atoms with van der Waals surface area (Å²) < 4.78 is 99.2. The van der Waals surface area contributed by atoms with Gasteiger partial charge >= 0.3 is 0 Å². The van der Waals surface area contributed by atoms with E-state index in [1.807, 2.05) is 87.7 Å². The van der Waals surface area contributed by atoms with Crippen LogP contribution in [0, 0.1) is 41.5 Å². The molecule has 558 valence electrons. The van der Waals surface area contributed by atoms with E-state index in [1.54, 1.807) is 32.1 Å². The van der Waals surface area contributed by atoms with E-state index in [9.17, 15) is 35.2 Å². The molecule has 5 aliphatic carbocycles. The number of hydrogen-bond acceptors (Lipinski definition) is 23. The highest BCUT2D eigenvalue weighted by atomic mass is 32.2. The molecule has 29 nitrogen and oxygen atoms in total. The van der Waals surface area contributed by atoms with Gasteiger partial charge in [-0.15, -0.1) is 0 Å². The largest absolute Gasteiger partial charge is 0.393 e. The number of nitrogens with one attached hydrogen (secondary N) is 4. The quantitative estimate of drug-likeness (QED) is 0.0627. The van der Waals surface area contributed by atoms with Gasteiger partial charge in [-0.25, -0.2) is 74.8 Å². The van der Waals surface area contributed by atoms with Gasteiger partial charge in [-0.05, 0) is 192 Å². The predicted molar refractivity (Wildman–Crippen MR) is 385 cm³/mol. The Hall–Kier alpha value is -9.90. The molecule has 0 unspecified atom stereocenters. The second kappa shape index (κ2) is 33.5. The van der Waals surface area contributed by atoms with E-state index in [0.717, 1.165) is 127 Å². The first-order chi connectivity index (χ1) is 50.4. The van der Waals surface area contributed by atoms with Crippen molar-refractivity contribution in [2.24, 2.45) is 0 Å². The molecular weight excluding hydrogens is 1380 g/mol. The lowest BCUT2D eigenvalue weighted by molar-refractivity contribution is -0.121. The molecule has 0 bridgehead atoms. The topological polar surface area (TPSA) is 349 Å². The highest BCUT2D eigenvalue weighted by Crippen LogP contribution is 2.36. The van der Waals surface area contributed by atoms with E-state index in [-0.39, 0.29) is 30.1 Å². The van der Waals surface area contributed by atoms with Gasteiger partial charge in [0.15, 0.2) is 33.9 Å². The molecule has 12 aromatic rings. The number of carbonyl (C=O) groups excluding carboxylic acids is 1. The molecule has 105 heavy (non-hydrogen) atoms. The van der Waals surface area contributed by atoms with Crippen LogP contribution in [0.4, 0.5) is 56.9 Å². The molecule has 0 aliphatic heterocycles. The number of rotatable bonds is 10. The number of anilines is 6. The van der Waals surface area contributed by atoms with Crippen LogP contribution in [0.15, 0.2) is 74.4 Å². The van der Waals surface area contributed by atoms with Gasteiger partial charge in [-0.1, -0.05) is 0 Å². The number of nitrogens with zero attached hydrogens (tertiary/aromatic N) is 20. The van der Waals surface area contributed by atoms with Crippen LogP contribution in [-0.2, 0) is 19.1 Å². The molecule has 35 heteroatoms. The van der Waals surface area contributed by atoms with Crippen molar-refractivity contribution in [1.29, 1.82) is 0 Å². The molecule has 5 fully saturated rings. The van der Waals surface area contributed by atoms with E-state index in [1.165, 1.54) is 19.0 Å². The maximum Gasteiger partial charge on any atom is 0.264 e. The van der Waals surface area contributed by atoms with Crippen molar-refractivity contribution in [1.82, 2.24) is 103 Å². The maximum atomic E-state index is 13.5. The number of carbonyl (C=O) groups is 1. The Balaban J connectivity index is 0.000000126. The number of aromatic nitrogens is 21. The highest BCUT2D eigenvalue weighted by Gasteiger charge is 2.29. The van der Waals surface area contributed by atoms with Crippen molar-refractivity contribution in [3.8, 4) is 0 Å². The SMILES string of the molecule is CS(=O)(=O)OC1CCC(F)CC1.Cc1cc2ncnn2cc1Nc1ncc2c(C)[nH]nc2n1.Cc1cc2ncnn2cc1Nc1ncc2c(C)nn(C3CCC(F)CC3)c2n1.Cc1cc2ncnn2cc1Nc1ncc2c(C)nn(C3CCC(F)CC3)c2n1.O=C1CCC(F)CC1.OC1CCC(F)CC1. The van der Waals surface area contributed by atoms with E-state index in [2.05, 4.69) is 86.5 Å². The normalized spacial score (nSPS) is 21.5. The first kappa shape index (κ1) is 74.8. The first-order valence-corrected chi connectivity index (χ1v) is 37.3. The van der Waals surface area contributed by atoms with Gasteiger partial charge in [0.05, 0.1) is 93.7 Å². The minimum atomic E-state index is -3.36. The molecule has 12 aromatic heterocycles. The molecule has 0 atom stereocenters. The van der Waals surface area contributed by atoms with Crippen LogP contribution in [0.3, 0.4) is 0 Å². The summed E-state index contributed by atoms with van der Waals surface area (Å²) in [7, 11) is -3.36. The van der Waals surface area contributed by atoms with E-state index < -0.39 is 41.0 Å². The zero-order valence-electron chi connectivity index (χ0n) is 59.6. The third kappa shape index (κ3) is 19.4. The van der Waals surface area contributed by atoms with Gasteiger partial charge in [0.2, 0.25) is 17.8 Å². The van der Waals surface area contributed by atoms with Crippen molar-refractivity contribution in [3.63, 3.8) is 0 Å². The number of Topliss-reactive ketones (excluding diaryl/α,β-unsaturated/α-hetero) is 1. The Morgan fingerprint density at radius 3 is 1.23 bits per heavy atom. The second-order valence-corrected chi connectivity index (χ2v) is 29.1. The maximum absolute atomic E-state index is 13.5. The minimum Gasteiger partial charge on any atom is -0.393 e. The van der Waals surface area contributed by atoms with E-state index in [4.69, 9.17) is 19.3 Å². The van der Waals surface area contributed by atoms with Crippen molar-refractivity contribution in [3.05, 3.63) is 108 Å². The van der Waals surface area contributed by atoms with Crippen LogP contribution in [0.1, 0.15) is 174 Å². The Labute approximate surface area is 601 Å². The second-order valence-electron chi connectivity index (χ2n) is 27.5. The summed E-state index contributed by atoms with van der Waals surface area (Å²) in [5.41, 5.74) is 13.0. The van der Waals surface area contributed by atoms with Crippen LogP contribution in [0.2, 0.25) is 0 Å². The summed E-state index contributed by atoms with van der Waals surface area (Å²) in [4.78, 5) is 50.1. The third-order valence-corrected chi connectivity index (χ3v) is 20.0. The average Bonchev–Trinajstić information content (AvgIpc) is 1.64. The molecule has 0 radical (unpaired) electrons. The van der Waals surface area contributed by atoms with Crippen molar-refractivity contribution in [2.45, 2.75) is 225 Å². The molecule has 5 aliphatic rings. The number of H-pyrrole nitrogens is 1. The van der Waals surface area contributed by atoms with Gasteiger partial charge in [0, 0.05) is 37.1 Å². The molecule has 0 amide bonds. The number of pyridine rings is 3. The van der Waals surface area contributed by atoms with Gasteiger partial charge in [-0.2, -0.15) is 54.0 Å². The van der Waals surface area contributed by atoms with Crippen LogP contribution >= 0.6 is 0 Å². The number of aryl methyl sites for hydroxylation is 6. The molecule has 0 saturated heterocycles. The monoisotopic (exact) mass is 1470 g/mol. The van der Waals surface area contributed by atoms with Gasteiger partial charge in [0.25, 0.3) is 10.1 Å². The number of ketones is 1. The molecule has 5 saturated carbocycles. The average molecular weight is 1470 g/mol. The van der Waals surface area contributed by atoms with E-state index >= 15 is 0 Å². The highest BCUT2D eigenvalue weighted by molar-refractivity contribution is 7.86. The Morgan fingerprint density at radius 1 is 0.486 bits per heavy atom. The van der Waals surface area contributed by atoms with E-state index in [0.29, 0.717) is 126 Å². The number of aliphatic hydroxyl groups excluding tert-OH is 1. The van der Waals surface area contributed by atoms with Crippen molar-refractivity contribution >= 4 is 101 Å². The zero-order valence-corrected chi connectivity index (χ0v) is 60.4. The Morgan fingerprint density at radius 2 is 0.848 bits per heavy atom. The van der Waals surface area contributed by atoms with Crippen LogP contribution < -0.4 is 16.0 Å². The molecule has 0 aromatic carbocycles. The number of halogens is 5. The number of alkyl halides is 5. The lowest BCUT2D eigenvalue weighted by Crippen LogP contribution is -2.24. The zero-order chi connectivity index (χ0) is 74.1. The predicted octanol–water partition coefficient (Wildman–Crippen LogP) is 13.1. The molecule has 17 rings (SSSR count). The molecule has 12 heterocycles. The molecule has 0 spiro atoms. The smallest absolute Gasteiger partial charge is 0.264 e. The van der Waals surface area contributed by atoms with Crippen LogP contribution in [0.5, 0.6) is 0 Å². The minimum absolute atomic E-state index is 0.180. The lowest BCUT2D eigenvalue weighted by atomic mass is 9.94. The summed E-state index contributed by atoms with van der Waals surface area (Å²) >= 11 is 0. The fraction of sp³-hybridized carbons (Fsp3) is 0.514. The lowest BCUT2D eigenvalue weighted by Gasteiger charge is -2.24. The van der Waals surface area contributed by atoms with Gasteiger partial charge in [0.1, 0.15) is 55.6 Å². The number of aromatic amines is 1. The Kier molecular flexibility index (Phi) is 23.8. The molecule has 5 N–H and O–H groups in total. The van der Waals surface area contributed by atoms with Crippen molar-refractivity contribution < 1.29 is 44.5 Å². The number of hydrogen-bond donors (Lipinski definition) is 5. The standard InChI is InChI=1S/2C19H21FN8.C13H12N8.C7H13FO3S.C6H11FO.C6H9FO/c2*1-11-7-17-22-10-23-27(17)9-16(11)24-19-21-8-15-12(2)26-28(18(15)25-19)14-5-3-13(20)4-6-14;1-7-3-11-15-6-16-21(11)5-10(7)17-13-14-4-9-8(2)19-20-12(9)18-13;1-12(9,10)11-7-4-2-6(8)3-5-7;2*7-5-1-3-6(8)4-2-5/h2*7-10,13-14H,3-6H2,1-2H3,(H,21,24,25);3-6H,1-2H3,(H2,14,17,18,19,20);6-7H,2-5H2,1H3;5-6,8H,1-4H2;5H,1-4H2. The van der Waals surface area contributed by atoms with Gasteiger partial charge in [-0.3, -0.25) is 14.1 Å². The fourth-order valence-electron chi connectivity index (χ4n) is 13.2. The summed E-state index contributed by atoms with van der Waals surface area (Å²) in [5, 5.41) is 50.3. The van der Waals surface area contributed by atoms with Crippen LogP contribution in [-0.4, -0.2) is 172 Å². The summed E-state index contributed by atoms with van der Waals surface area (Å²) in [6.45, 7) is 11.8. The number of fused-ring (bicyclic) bond motifs is 6. The number of aliphatic hydroxyl groups is 1. The molecular formula is C70H87F5N24O5S. The Bertz CT molecular complexity index is 4850. The summed E-state index contributed by atoms with van der Waals surface area (Å²) in [5.74, 6) is 1.71. The van der Waals surface area contributed by atoms with Crippen LogP contribution in [0.25, 0.3) is 50.0 Å². The first-order valence-electron chi connectivity index (χ1n) is 35.5. The summed E-state index contributed by atoms with van der Waals surface area (Å²) in [6.07, 6.45) is 24.1. The summed E-state index contributed by atoms with van der Waals surface area (Å²) in [6, 6.07) is 6.22.